The zero-order valence-electron chi connectivity index (χ0n) is 7.84. The average molecular weight is 209 g/mol. The van der Waals surface area contributed by atoms with Crippen LogP contribution in [0.4, 0.5) is 0 Å². The van der Waals surface area contributed by atoms with E-state index in [2.05, 4.69) is 15.9 Å². The maximum Gasteiger partial charge on any atom is 0.326 e. The van der Waals surface area contributed by atoms with Crippen LogP contribution >= 0.6 is 0 Å². The quantitative estimate of drug-likeness (QED) is 0.750. The first-order valence-corrected chi connectivity index (χ1v) is 4.56. The molecule has 6 nitrogen and oxygen atoms in total. The molecule has 0 aromatic carbocycles. The van der Waals surface area contributed by atoms with E-state index >= 15 is 0 Å². The summed E-state index contributed by atoms with van der Waals surface area (Å²) in [5.41, 5.74) is 0. The van der Waals surface area contributed by atoms with Gasteiger partial charge in [-0.3, -0.25) is 4.79 Å². The van der Waals surface area contributed by atoms with Crippen molar-refractivity contribution < 1.29 is 19.2 Å². The summed E-state index contributed by atoms with van der Waals surface area (Å²) < 4.78 is 4.65. The number of hydrogen-bond donors (Lipinski definition) is 1. The van der Waals surface area contributed by atoms with Gasteiger partial charge in [0.25, 0.3) is 5.91 Å². The number of aliphatic carboxylic acids is 1. The molecular formula is C9H9N2O4. The van der Waals surface area contributed by atoms with Crippen LogP contribution in [0.3, 0.4) is 0 Å². The summed E-state index contributed by atoms with van der Waals surface area (Å²) in [4.78, 5) is 23.9. The first-order valence-electron chi connectivity index (χ1n) is 4.56. The SMILES string of the molecule is O=C(O)C1CCCN1C(=O)c1c[c]no1. The van der Waals surface area contributed by atoms with Crippen LogP contribution in [0.15, 0.2) is 10.6 Å². The number of amides is 1. The van der Waals surface area contributed by atoms with Gasteiger partial charge >= 0.3 is 5.97 Å². The third-order valence-corrected chi connectivity index (χ3v) is 2.40. The molecule has 0 spiro atoms. The lowest BCUT2D eigenvalue weighted by Gasteiger charge is -2.19. The summed E-state index contributed by atoms with van der Waals surface area (Å²) >= 11 is 0. The number of carbonyl (C=O) groups is 2. The van der Waals surface area contributed by atoms with Crippen molar-refractivity contribution >= 4 is 11.9 Å². The minimum atomic E-state index is -0.982. The molecule has 1 aromatic rings. The van der Waals surface area contributed by atoms with E-state index in [0.717, 1.165) is 0 Å². The number of aromatic nitrogens is 1. The number of carboxylic acid groups (broad SMARTS) is 1. The standard InChI is InChI=1S/C9H9N2O4/c12-8(7-3-4-10-15-7)11-5-1-2-6(11)9(13)14/h3,6H,1-2,5H2,(H,13,14). The summed E-state index contributed by atoms with van der Waals surface area (Å²) in [7, 11) is 0. The summed E-state index contributed by atoms with van der Waals surface area (Å²) in [6, 6.07) is 0.558. The van der Waals surface area contributed by atoms with Gasteiger partial charge in [0.2, 0.25) is 5.76 Å². The molecule has 0 bridgehead atoms. The number of nitrogens with zero attached hydrogens (tertiary/aromatic N) is 2. The Bertz CT molecular complexity index is 373. The van der Waals surface area contributed by atoms with Crippen LogP contribution in [0, 0.1) is 6.20 Å². The number of likely N-dealkylation sites (tertiary alicyclic amines) is 1. The fraction of sp³-hybridized carbons (Fsp3) is 0.444. The van der Waals surface area contributed by atoms with Crippen LogP contribution in [-0.4, -0.2) is 39.6 Å². The van der Waals surface area contributed by atoms with Crippen LogP contribution in [0.5, 0.6) is 0 Å². The molecule has 1 saturated heterocycles. The minimum Gasteiger partial charge on any atom is -0.480 e. The predicted molar refractivity (Wildman–Crippen MR) is 47.0 cm³/mol. The zero-order valence-corrected chi connectivity index (χ0v) is 7.84. The third kappa shape index (κ3) is 1.70. The van der Waals surface area contributed by atoms with Crippen molar-refractivity contribution in [3.05, 3.63) is 18.0 Å². The molecule has 1 N–H and O–H groups in total. The predicted octanol–water partition coefficient (Wildman–Crippen LogP) is 0.164. The van der Waals surface area contributed by atoms with Gasteiger partial charge in [-0.05, 0) is 12.8 Å². The molecule has 6 heteroatoms. The summed E-state index contributed by atoms with van der Waals surface area (Å²) in [5, 5.41) is 12.2. The molecular weight excluding hydrogens is 200 g/mol. The molecule has 2 rings (SSSR count). The van der Waals surface area contributed by atoms with Gasteiger partial charge in [-0.25, -0.2) is 4.79 Å². The van der Waals surface area contributed by atoms with Crippen LogP contribution in [0.25, 0.3) is 0 Å². The molecule has 79 valence electrons. The molecule has 1 aromatic heterocycles. The Balaban J connectivity index is 2.17. The molecule has 1 aliphatic heterocycles. The van der Waals surface area contributed by atoms with Crippen molar-refractivity contribution in [2.45, 2.75) is 18.9 Å². The van der Waals surface area contributed by atoms with Gasteiger partial charge in [0.05, 0.1) is 0 Å². The van der Waals surface area contributed by atoms with Crippen LogP contribution in [0.1, 0.15) is 23.4 Å². The fourth-order valence-electron chi connectivity index (χ4n) is 1.70. The summed E-state index contributed by atoms with van der Waals surface area (Å²) in [6.07, 6.45) is 3.55. The average Bonchev–Trinajstić information content (AvgIpc) is 2.88. The van der Waals surface area contributed by atoms with Crippen LogP contribution in [0.2, 0.25) is 0 Å². The number of rotatable bonds is 2. The second-order valence-corrected chi connectivity index (χ2v) is 3.32. The third-order valence-electron chi connectivity index (χ3n) is 2.40. The minimum absolute atomic E-state index is 0.0307. The topological polar surface area (TPSA) is 83.6 Å². The number of hydrogen-bond acceptors (Lipinski definition) is 4. The summed E-state index contributed by atoms with van der Waals surface area (Å²) in [6.45, 7) is 0.441. The van der Waals surface area contributed by atoms with Crippen molar-refractivity contribution in [2.75, 3.05) is 6.54 Å². The number of carboxylic acids is 1. The van der Waals surface area contributed by atoms with Gasteiger partial charge < -0.3 is 14.5 Å². The summed E-state index contributed by atoms with van der Waals surface area (Å²) in [5.74, 6) is -1.39. The highest BCUT2D eigenvalue weighted by Gasteiger charge is 2.35. The van der Waals surface area contributed by atoms with E-state index in [1.807, 2.05) is 0 Å². The molecule has 1 unspecified atom stereocenters. The first kappa shape index (κ1) is 9.70. The van der Waals surface area contributed by atoms with Crippen LogP contribution < -0.4 is 0 Å². The molecule has 1 fully saturated rings. The van der Waals surface area contributed by atoms with Crippen molar-refractivity contribution in [1.82, 2.24) is 10.1 Å². The maximum atomic E-state index is 11.7. The van der Waals surface area contributed by atoms with Gasteiger partial charge in [-0.1, -0.05) is 5.16 Å². The van der Waals surface area contributed by atoms with E-state index in [4.69, 9.17) is 5.11 Å². The zero-order chi connectivity index (χ0) is 10.8. The van der Waals surface area contributed by atoms with Gasteiger partial charge in [-0.15, -0.1) is 0 Å². The molecule has 1 atom stereocenters. The molecule has 15 heavy (non-hydrogen) atoms. The van der Waals surface area contributed by atoms with Gasteiger partial charge in [0.1, 0.15) is 12.2 Å². The Morgan fingerprint density at radius 3 is 3.07 bits per heavy atom. The highest BCUT2D eigenvalue weighted by molar-refractivity contribution is 5.94. The second kappa shape index (κ2) is 3.72. The van der Waals surface area contributed by atoms with E-state index in [1.165, 1.54) is 11.0 Å². The highest BCUT2D eigenvalue weighted by atomic mass is 16.5. The Labute approximate surface area is 85.5 Å². The normalized spacial score (nSPS) is 20.5. The Hall–Kier alpha value is -1.85. The largest absolute Gasteiger partial charge is 0.480 e. The van der Waals surface area contributed by atoms with E-state index < -0.39 is 17.9 Å². The van der Waals surface area contributed by atoms with Crippen molar-refractivity contribution in [2.24, 2.45) is 0 Å². The highest BCUT2D eigenvalue weighted by Crippen LogP contribution is 2.19. The maximum absolute atomic E-state index is 11.7. The van der Waals surface area contributed by atoms with E-state index in [9.17, 15) is 9.59 Å². The molecule has 1 radical (unpaired) electrons. The molecule has 1 amide bonds. The Kier molecular flexibility index (Phi) is 2.40. The van der Waals surface area contributed by atoms with Gasteiger partial charge in [-0.2, -0.15) is 0 Å². The lowest BCUT2D eigenvalue weighted by molar-refractivity contribution is -0.141. The lowest BCUT2D eigenvalue weighted by atomic mass is 10.2. The first-order chi connectivity index (χ1) is 7.20. The van der Waals surface area contributed by atoms with Gasteiger partial charge in [0.15, 0.2) is 0 Å². The van der Waals surface area contributed by atoms with Gasteiger partial charge in [0, 0.05) is 12.6 Å². The van der Waals surface area contributed by atoms with Crippen LogP contribution in [-0.2, 0) is 4.79 Å². The van der Waals surface area contributed by atoms with E-state index in [1.54, 1.807) is 0 Å². The fourth-order valence-corrected chi connectivity index (χ4v) is 1.70. The Morgan fingerprint density at radius 1 is 1.67 bits per heavy atom. The number of carbonyl (C=O) groups excluding carboxylic acids is 1. The molecule has 0 saturated carbocycles. The van der Waals surface area contributed by atoms with E-state index in [-0.39, 0.29) is 5.76 Å². The smallest absolute Gasteiger partial charge is 0.326 e. The lowest BCUT2D eigenvalue weighted by Crippen LogP contribution is -2.40. The Morgan fingerprint density at radius 2 is 2.47 bits per heavy atom. The van der Waals surface area contributed by atoms with Crippen molar-refractivity contribution in [3.63, 3.8) is 0 Å². The molecule has 1 aliphatic rings. The monoisotopic (exact) mass is 209 g/mol. The van der Waals surface area contributed by atoms with E-state index in [0.29, 0.717) is 19.4 Å². The molecule has 0 aliphatic carbocycles. The second-order valence-electron chi connectivity index (χ2n) is 3.32. The van der Waals surface area contributed by atoms with Crippen molar-refractivity contribution in [3.8, 4) is 0 Å². The molecule has 2 heterocycles. The van der Waals surface area contributed by atoms with Crippen molar-refractivity contribution in [1.29, 1.82) is 0 Å².